The van der Waals surface area contributed by atoms with Crippen molar-refractivity contribution in [1.29, 1.82) is 5.26 Å². The van der Waals surface area contributed by atoms with Crippen LogP contribution in [0.1, 0.15) is 41.7 Å². The van der Waals surface area contributed by atoms with E-state index in [1.807, 2.05) is 6.92 Å². The Balaban J connectivity index is 2.11. The predicted molar refractivity (Wildman–Crippen MR) is 63.3 cm³/mol. The van der Waals surface area contributed by atoms with Crippen molar-refractivity contribution in [2.75, 3.05) is 0 Å². The quantitative estimate of drug-likeness (QED) is 0.843. The molecule has 1 heterocycles. The fourth-order valence-electron chi connectivity index (χ4n) is 2.13. The average molecular weight is 229 g/mol. The lowest BCUT2D eigenvalue weighted by Crippen LogP contribution is -2.45. The number of carbonyl (C=O) groups excluding carboxylic acids is 1. The van der Waals surface area contributed by atoms with Crippen molar-refractivity contribution in [3.8, 4) is 6.07 Å². The van der Waals surface area contributed by atoms with Gasteiger partial charge in [-0.25, -0.2) is 0 Å². The van der Waals surface area contributed by atoms with Crippen LogP contribution in [-0.4, -0.2) is 16.4 Å². The Hall–Kier alpha value is -1.89. The van der Waals surface area contributed by atoms with Crippen LogP contribution in [0.4, 0.5) is 0 Å². The Morgan fingerprint density at radius 3 is 2.71 bits per heavy atom. The number of rotatable bonds is 2. The lowest BCUT2D eigenvalue weighted by molar-refractivity contribution is 0.0920. The Morgan fingerprint density at radius 2 is 2.18 bits per heavy atom. The van der Waals surface area contributed by atoms with E-state index < -0.39 is 5.54 Å². The highest BCUT2D eigenvalue weighted by atomic mass is 16.1. The number of aryl methyl sites for hydroxylation is 1. The third-order valence-electron chi connectivity index (χ3n) is 3.20. The topological polar surface area (TPSA) is 65.8 Å². The number of nitrogens with zero attached hydrogens (tertiary/aromatic N) is 2. The second-order valence-corrected chi connectivity index (χ2v) is 4.54. The van der Waals surface area contributed by atoms with Crippen molar-refractivity contribution in [1.82, 2.24) is 10.3 Å². The Bertz CT molecular complexity index is 453. The summed E-state index contributed by atoms with van der Waals surface area (Å²) in [6.45, 7) is 1.87. The van der Waals surface area contributed by atoms with Gasteiger partial charge in [0.2, 0.25) is 0 Å². The van der Waals surface area contributed by atoms with E-state index in [9.17, 15) is 10.1 Å². The molecule has 4 heteroatoms. The molecule has 1 N–H and O–H groups in total. The van der Waals surface area contributed by atoms with Gasteiger partial charge >= 0.3 is 0 Å². The maximum Gasteiger partial charge on any atom is 0.254 e. The van der Waals surface area contributed by atoms with Crippen LogP contribution < -0.4 is 5.32 Å². The lowest BCUT2D eigenvalue weighted by atomic mass is 9.99. The molecule has 0 radical (unpaired) electrons. The number of carbonyl (C=O) groups is 1. The van der Waals surface area contributed by atoms with Crippen LogP contribution in [0.2, 0.25) is 0 Å². The molecule has 88 valence electrons. The normalized spacial score (nSPS) is 17.4. The van der Waals surface area contributed by atoms with Gasteiger partial charge in [0.15, 0.2) is 0 Å². The molecule has 0 unspecified atom stereocenters. The Morgan fingerprint density at radius 1 is 1.47 bits per heavy atom. The number of nitrogens with one attached hydrogen (secondary N) is 1. The van der Waals surface area contributed by atoms with Gasteiger partial charge in [-0.15, -0.1) is 0 Å². The summed E-state index contributed by atoms with van der Waals surface area (Å²) in [7, 11) is 0. The van der Waals surface area contributed by atoms with Crippen LogP contribution in [0.3, 0.4) is 0 Å². The molecule has 1 aromatic rings. The van der Waals surface area contributed by atoms with Crippen LogP contribution in [0.25, 0.3) is 0 Å². The maximum atomic E-state index is 12.0. The molecule has 0 spiro atoms. The molecule has 1 aromatic heterocycles. The molecule has 2 rings (SSSR count). The van der Waals surface area contributed by atoms with Gasteiger partial charge in [-0.3, -0.25) is 9.78 Å². The van der Waals surface area contributed by atoms with Crippen LogP contribution in [0, 0.1) is 18.3 Å². The van der Waals surface area contributed by atoms with Crippen molar-refractivity contribution in [3.05, 3.63) is 29.6 Å². The highest BCUT2D eigenvalue weighted by molar-refractivity contribution is 5.94. The van der Waals surface area contributed by atoms with Gasteiger partial charge in [-0.1, -0.05) is 0 Å². The van der Waals surface area contributed by atoms with Gasteiger partial charge in [-0.2, -0.15) is 5.26 Å². The van der Waals surface area contributed by atoms with E-state index in [-0.39, 0.29) is 5.91 Å². The number of hydrogen-bond acceptors (Lipinski definition) is 3. The largest absolute Gasteiger partial charge is 0.334 e. The number of pyridine rings is 1. The monoisotopic (exact) mass is 229 g/mol. The molecule has 1 amide bonds. The zero-order valence-corrected chi connectivity index (χ0v) is 9.86. The minimum Gasteiger partial charge on any atom is -0.334 e. The molecule has 1 fully saturated rings. The standard InChI is InChI=1S/C13H15N3O/c1-10-4-5-11(8-15-10)12(17)16-13(9-14)6-2-3-7-13/h4-5,8H,2-3,6-7H2,1H3,(H,16,17). The van der Waals surface area contributed by atoms with E-state index >= 15 is 0 Å². The molecule has 0 bridgehead atoms. The number of aromatic nitrogens is 1. The molecular weight excluding hydrogens is 214 g/mol. The van der Waals surface area contributed by atoms with E-state index in [0.717, 1.165) is 31.4 Å². The minimum absolute atomic E-state index is 0.207. The first-order valence-corrected chi connectivity index (χ1v) is 5.82. The summed E-state index contributed by atoms with van der Waals surface area (Å²) in [5.41, 5.74) is 0.719. The highest BCUT2D eigenvalue weighted by Gasteiger charge is 2.35. The Labute approximate surface area is 101 Å². The average Bonchev–Trinajstić information content (AvgIpc) is 2.79. The van der Waals surface area contributed by atoms with E-state index in [4.69, 9.17) is 0 Å². The molecule has 1 aliphatic rings. The van der Waals surface area contributed by atoms with Gasteiger partial charge in [0.25, 0.3) is 5.91 Å². The Kier molecular flexibility index (Phi) is 3.10. The second kappa shape index (κ2) is 4.54. The SMILES string of the molecule is Cc1ccc(C(=O)NC2(C#N)CCCC2)cn1. The first-order valence-electron chi connectivity index (χ1n) is 5.82. The summed E-state index contributed by atoms with van der Waals surface area (Å²) in [6.07, 6.45) is 5.04. The fraction of sp³-hybridized carbons (Fsp3) is 0.462. The van der Waals surface area contributed by atoms with Crippen molar-refractivity contribution >= 4 is 5.91 Å². The fourth-order valence-corrected chi connectivity index (χ4v) is 2.13. The summed E-state index contributed by atoms with van der Waals surface area (Å²) in [5.74, 6) is -0.207. The summed E-state index contributed by atoms with van der Waals surface area (Å²) in [4.78, 5) is 16.1. The summed E-state index contributed by atoms with van der Waals surface area (Å²) in [6, 6.07) is 5.77. The molecular formula is C13H15N3O. The zero-order chi connectivity index (χ0) is 12.3. The third kappa shape index (κ3) is 2.44. The smallest absolute Gasteiger partial charge is 0.254 e. The minimum atomic E-state index is -0.665. The van der Waals surface area contributed by atoms with Gasteiger partial charge in [0.1, 0.15) is 5.54 Å². The van der Waals surface area contributed by atoms with Crippen LogP contribution in [0.15, 0.2) is 18.3 Å². The number of hydrogen-bond donors (Lipinski definition) is 1. The van der Waals surface area contributed by atoms with Crippen molar-refractivity contribution in [3.63, 3.8) is 0 Å². The number of nitriles is 1. The third-order valence-corrected chi connectivity index (χ3v) is 3.20. The lowest BCUT2D eigenvalue weighted by Gasteiger charge is -2.21. The molecule has 1 aliphatic carbocycles. The van der Waals surface area contributed by atoms with E-state index in [1.54, 1.807) is 18.3 Å². The second-order valence-electron chi connectivity index (χ2n) is 4.54. The molecule has 0 aliphatic heterocycles. The van der Waals surface area contributed by atoms with Crippen molar-refractivity contribution < 1.29 is 4.79 Å². The highest BCUT2D eigenvalue weighted by Crippen LogP contribution is 2.29. The molecule has 0 saturated heterocycles. The molecule has 1 saturated carbocycles. The van der Waals surface area contributed by atoms with Gasteiger partial charge in [0.05, 0.1) is 11.6 Å². The van der Waals surface area contributed by atoms with E-state index in [0.29, 0.717) is 5.56 Å². The molecule has 0 atom stereocenters. The molecule has 4 nitrogen and oxygen atoms in total. The van der Waals surface area contributed by atoms with Gasteiger partial charge < -0.3 is 5.32 Å². The van der Waals surface area contributed by atoms with Crippen molar-refractivity contribution in [2.24, 2.45) is 0 Å². The summed E-state index contributed by atoms with van der Waals surface area (Å²) in [5, 5.41) is 12.0. The van der Waals surface area contributed by atoms with Gasteiger partial charge in [0, 0.05) is 11.9 Å². The molecule has 17 heavy (non-hydrogen) atoms. The summed E-state index contributed by atoms with van der Waals surface area (Å²) >= 11 is 0. The van der Waals surface area contributed by atoms with E-state index in [2.05, 4.69) is 16.4 Å². The van der Waals surface area contributed by atoms with Crippen LogP contribution in [-0.2, 0) is 0 Å². The zero-order valence-electron chi connectivity index (χ0n) is 9.86. The predicted octanol–water partition coefficient (Wildman–Crippen LogP) is 1.96. The van der Waals surface area contributed by atoms with Crippen LogP contribution in [0.5, 0.6) is 0 Å². The first-order chi connectivity index (χ1) is 8.15. The van der Waals surface area contributed by atoms with Crippen LogP contribution >= 0.6 is 0 Å². The van der Waals surface area contributed by atoms with Crippen molar-refractivity contribution in [2.45, 2.75) is 38.1 Å². The first kappa shape index (κ1) is 11.6. The summed E-state index contributed by atoms with van der Waals surface area (Å²) < 4.78 is 0. The maximum absolute atomic E-state index is 12.0. The van der Waals surface area contributed by atoms with Gasteiger partial charge in [-0.05, 0) is 44.7 Å². The number of amides is 1. The van der Waals surface area contributed by atoms with E-state index in [1.165, 1.54) is 0 Å². The molecule has 0 aromatic carbocycles.